The molecule has 3 N–H and O–H groups in total. The van der Waals surface area contributed by atoms with E-state index in [-0.39, 0.29) is 29.4 Å². The summed E-state index contributed by atoms with van der Waals surface area (Å²) in [6.07, 6.45) is 0. The molecule has 0 heterocycles. The number of hydrogen-bond donors (Lipinski definition) is 2. The maximum Gasteiger partial charge on any atom is 0.193 e. The summed E-state index contributed by atoms with van der Waals surface area (Å²) in [7, 11) is 1.68. The number of rotatable bonds is 5. The molecule has 0 aliphatic rings. The van der Waals surface area contributed by atoms with E-state index in [9.17, 15) is 0 Å². The van der Waals surface area contributed by atoms with Crippen LogP contribution in [0.2, 0.25) is 0 Å². The molecule has 0 aliphatic carbocycles. The molecule has 0 radical (unpaired) electrons. The van der Waals surface area contributed by atoms with E-state index in [4.69, 9.17) is 10.5 Å². The summed E-state index contributed by atoms with van der Waals surface area (Å²) in [6, 6.07) is 14.2. The zero-order chi connectivity index (χ0) is 17.7. The van der Waals surface area contributed by atoms with Crippen molar-refractivity contribution < 1.29 is 4.74 Å². The monoisotopic (exact) mass is 453 g/mol. The minimum absolute atomic E-state index is 0. The van der Waals surface area contributed by atoms with Crippen molar-refractivity contribution in [3.8, 4) is 5.75 Å². The molecule has 0 saturated carbocycles. The number of nitrogens with zero attached hydrogens (tertiary/aromatic N) is 1. The Morgan fingerprint density at radius 2 is 1.84 bits per heavy atom. The van der Waals surface area contributed by atoms with Crippen molar-refractivity contribution in [3.63, 3.8) is 0 Å². The van der Waals surface area contributed by atoms with Gasteiger partial charge in [-0.25, -0.2) is 0 Å². The van der Waals surface area contributed by atoms with Gasteiger partial charge in [0, 0.05) is 11.1 Å². The third-order valence-electron chi connectivity index (χ3n) is 4.28. The van der Waals surface area contributed by atoms with E-state index in [1.54, 1.807) is 7.11 Å². The van der Waals surface area contributed by atoms with Gasteiger partial charge >= 0.3 is 0 Å². The number of aryl methyl sites for hydroxylation is 2. The highest BCUT2D eigenvalue weighted by Gasteiger charge is 2.20. The predicted octanol–water partition coefficient (Wildman–Crippen LogP) is 4.63. The molecule has 4 nitrogen and oxygen atoms in total. The van der Waals surface area contributed by atoms with Crippen LogP contribution in [0.4, 0.5) is 5.69 Å². The molecule has 5 heteroatoms. The minimum atomic E-state index is -0.135. The molecule has 0 amide bonds. The van der Waals surface area contributed by atoms with Gasteiger partial charge in [0.2, 0.25) is 0 Å². The highest BCUT2D eigenvalue weighted by atomic mass is 127. The number of nitrogens with one attached hydrogen (secondary N) is 1. The smallest absolute Gasteiger partial charge is 0.193 e. The zero-order valence-electron chi connectivity index (χ0n) is 15.6. The molecule has 0 aliphatic heterocycles. The van der Waals surface area contributed by atoms with Crippen LogP contribution >= 0.6 is 24.0 Å². The van der Waals surface area contributed by atoms with Gasteiger partial charge in [-0.1, -0.05) is 32.0 Å². The first-order chi connectivity index (χ1) is 11.3. The number of hydrogen-bond acceptors (Lipinski definition) is 2. The molecule has 2 rings (SSSR count). The van der Waals surface area contributed by atoms with E-state index in [1.807, 2.05) is 24.3 Å². The Morgan fingerprint density at radius 3 is 2.48 bits per heavy atom. The van der Waals surface area contributed by atoms with Crippen LogP contribution in [0.25, 0.3) is 0 Å². The van der Waals surface area contributed by atoms with Crippen LogP contribution in [0.1, 0.15) is 30.5 Å². The summed E-state index contributed by atoms with van der Waals surface area (Å²) < 4.78 is 5.30. The molecule has 0 saturated heterocycles. The normalized spacial score (nSPS) is 11.6. The van der Waals surface area contributed by atoms with Gasteiger partial charge in [0.15, 0.2) is 5.96 Å². The van der Waals surface area contributed by atoms with Crippen molar-refractivity contribution >= 4 is 35.6 Å². The first-order valence-electron chi connectivity index (χ1n) is 8.10. The molecule has 25 heavy (non-hydrogen) atoms. The first kappa shape index (κ1) is 21.3. The average molecular weight is 453 g/mol. The molecule has 0 atom stereocenters. The van der Waals surface area contributed by atoms with Crippen molar-refractivity contribution in [3.05, 3.63) is 59.2 Å². The van der Waals surface area contributed by atoms with Crippen molar-refractivity contribution in [1.29, 1.82) is 0 Å². The second-order valence-electron chi connectivity index (χ2n) is 6.74. The highest BCUT2D eigenvalue weighted by molar-refractivity contribution is 14.0. The Kier molecular flexibility index (Phi) is 7.73. The maximum absolute atomic E-state index is 6.05. The molecule has 136 valence electrons. The van der Waals surface area contributed by atoms with Crippen LogP contribution < -0.4 is 15.8 Å². The number of methoxy groups -OCH3 is 1. The lowest BCUT2D eigenvalue weighted by Gasteiger charge is -2.24. The number of nitrogens with two attached hydrogens (primary N) is 1. The predicted molar refractivity (Wildman–Crippen MR) is 117 cm³/mol. The Bertz CT molecular complexity index is 741. The van der Waals surface area contributed by atoms with Crippen LogP contribution in [-0.4, -0.2) is 19.6 Å². The molecular formula is C20H28IN3O. The first-order valence-corrected chi connectivity index (χ1v) is 8.10. The fraction of sp³-hybridized carbons (Fsp3) is 0.350. The largest absolute Gasteiger partial charge is 0.497 e. The average Bonchev–Trinajstić information content (AvgIpc) is 2.56. The van der Waals surface area contributed by atoms with Gasteiger partial charge in [0.05, 0.1) is 13.7 Å². The molecule has 2 aromatic carbocycles. The SMILES string of the molecule is COc1cccc(C(C)(C)CN=C(N)Nc2ccc(C)c(C)c2)c1.I. The summed E-state index contributed by atoms with van der Waals surface area (Å²) in [5.41, 5.74) is 10.5. The summed E-state index contributed by atoms with van der Waals surface area (Å²) in [4.78, 5) is 4.52. The highest BCUT2D eigenvalue weighted by Crippen LogP contribution is 2.26. The zero-order valence-corrected chi connectivity index (χ0v) is 17.9. The quantitative estimate of drug-likeness (QED) is 0.394. The van der Waals surface area contributed by atoms with Gasteiger partial charge in [0.25, 0.3) is 0 Å². The van der Waals surface area contributed by atoms with Gasteiger partial charge in [0.1, 0.15) is 5.75 Å². The Balaban J connectivity index is 0.00000312. The molecule has 0 spiro atoms. The minimum Gasteiger partial charge on any atom is -0.497 e. The number of benzene rings is 2. The second-order valence-corrected chi connectivity index (χ2v) is 6.74. The van der Waals surface area contributed by atoms with Crippen LogP contribution in [-0.2, 0) is 5.41 Å². The van der Waals surface area contributed by atoms with Gasteiger partial charge in [-0.3, -0.25) is 4.99 Å². The molecule has 0 aromatic heterocycles. The van der Waals surface area contributed by atoms with E-state index in [2.05, 4.69) is 56.2 Å². The van der Waals surface area contributed by atoms with Gasteiger partial charge in [-0.2, -0.15) is 0 Å². The number of aliphatic imine (C=N–C) groups is 1. The van der Waals surface area contributed by atoms with Gasteiger partial charge in [-0.05, 0) is 54.8 Å². The van der Waals surface area contributed by atoms with E-state index in [0.29, 0.717) is 12.5 Å². The van der Waals surface area contributed by atoms with Crippen LogP contribution in [0, 0.1) is 13.8 Å². The van der Waals surface area contributed by atoms with Crippen LogP contribution in [0.5, 0.6) is 5.75 Å². The van der Waals surface area contributed by atoms with Crippen molar-refractivity contribution in [1.82, 2.24) is 0 Å². The Hall–Kier alpha value is -1.76. The Morgan fingerprint density at radius 1 is 1.12 bits per heavy atom. The van der Waals surface area contributed by atoms with Crippen molar-refractivity contribution in [2.75, 3.05) is 19.0 Å². The lowest BCUT2D eigenvalue weighted by Crippen LogP contribution is -2.27. The fourth-order valence-electron chi connectivity index (χ4n) is 2.42. The van der Waals surface area contributed by atoms with E-state index in [1.165, 1.54) is 16.7 Å². The van der Waals surface area contributed by atoms with Crippen LogP contribution in [0.3, 0.4) is 0 Å². The summed E-state index contributed by atoms with van der Waals surface area (Å²) in [5.74, 6) is 1.28. The number of halogens is 1. The summed E-state index contributed by atoms with van der Waals surface area (Å²) >= 11 is 0. The van der Waals surface area contributed by atoms with E-state index in [0.717, 1.165) is 11.4 Å². The van der Waals surface area contributed by atoms with Gasteiger partial charge < -0.3 is 15.8 Å². The lowest BCUT2D eigenvalue weighted by molar-refractivity contribution is 0.412. The van der Waals surface area contributed by atoms with Crippen molar-refractivity contribution in [2.24, 2.45) is 10.7 Å². The third-order valence-corrected chi connectivity index (χ3v) is 4.28. The number of ether oxygens (including phenoxy) is 1. The molecule has 0 bridgehead atoms. The lowest BCUT2D eigenvalue weighted by atomic mass is 9.85. The van der Waals surface area contributed by atoms with Crippen molar-refractivity contribution in [2.45, 2.75) is 33.1 Å². The molecule has 0 unspecified atom stereocenters. The number of guanidine groups is 1. The second kappa shape index (κ2) is 9.08. The van der Waals surface area contributed by atoms with E-state index >= 15 is 0 Å². The standard InChI is InChI=1S/C20H27N3O.HI/c1-14-9-10-17(11-15(14)2)23-19(21)22-13-20(3,4)16-7-6-8-18(12-16)24-5;/h6-12H,13H2,1-5H3,(H3,21,22,23);1H. The summed E-state index contributed by atoms with van der Waals surface area (Å²) in [5, 5.41) is 3.16. The molecular weight excluding hydrogens is 425 g/mol. The summed E-state index contributed by atoms with van der Waals surface area (Å²) in [6.45, 7) is 9.06. The number of anilines is 1. The molecule has 2 aromatic rings. The Labute approximate surface area is 167 Å². The van der Waals surface area contributed by atoms with Crippen LogP contribution in [0.15, 0.2) is 47.5 Å². The topological polar surface area (TPSA) is 59.6 Å². The molecule has 0 fully saturated rings. The fourth-order valence-corrected chi connectivity index (χ4v) is 2.42. The van der Waals surface area contributed by atoms with E-state index < -0.39 is 0 Å². The third kappa shape index (κ3) is 5.92. The van der Waals surface area contributed by atoms with Gasteiger partial charge in [-0.15, -0.1) is 24.0 Å². The maximum atomic E-state index is 6.05.